The zero-order chi connectivity index (χ0) is 28.3. The highest BCUT2D eigenvalue weighted by Crippen LogP contribution is 2.35. The quantitative estimate of drug-likeness (QED) is 0.309. The largest absolute Gasteiger partial charge is 0.481 e. The van der Waals surface area contributed by atoms with Crippen LogP contribution in [0.15, 0.2) is 36.9 Å². The Balaban J connectivity index is 1.56. The number of ether oxygens (including phenoxy) is 3. The molecule has 0 saturated carbocycles. The molecule has 1 atom stereocenters. The monoisotopic (exact) mass is 568 g/mol. The molecular formula is C24H28N10O5S. The van der Waals surface area contributed by atoms with Gasteiger partial charge in [0.25, 0.3) is 0 Å². The molecular weight excluding hydrogens is 540 g/mol. The van der Waals surface area contributed by atoms with E-state index in [1.54, 1.807) is 30.6 Å². The maximum absolute atomic E-state index is 13.7. The van der Waals surface area contributed by atoms with Crippen molar-refractivity contribution >= 4 is 21.9 Å². The van der Waals surface area contributed by atoms with E-state index in [9.17, 15) is 8.42 Å². The number of aryl methyl sites for hydroxylation is 1. The molecule has 4 aromatic rings. The summed E-state index contributed by atoms with van der Waals surface area (Å²) < 4.78 is 47.7. The number of hydrogen-bond acceptors (Lipinski definition) is 13. The van der Waals surface area contributed by atoms with E-state index in [4.69, 9.17) is 14.2 Å². The number of methoxy groups -OCH3 is 3. The average Bonchev–Trinajstić information content (AvgIpc) is 3.39. The SMILES string of the molecule is COc1cccc(-c2nnc(NS(=O)(=O)[C@H]3CCCN(c4ncc(C)cn4)C3)n2-c2c(OC)ncnc2OC)n1. The molecule has 1 N–H and O–H groups in total. The van der Waals surface area contributed by atoms with Crippen LogP contribution in [0.1, 0.15) is 18.4 Å². The fourth-order valence-corrected chi connectivity index (χ4v) is 5.76. The predicted octanol–water partition coefficient (Wildman–Crippen LogP) is 1.65. The number of anilines is 2. The van der Waals surface area contributed by atoms with Gasteiger partial charge in [0.1, 0.15) is 12.0 Å². The van der Waals surface area contributed by atoms with Crippen molar-refractivity contribution in [2.75, 3.05) is 44.0 Å². The van der Waals surface area contributed by atoms with E-state index in [0.29, 0.717) is 36.9 Å². The van der Waals surface area contributed by atoms with E-state index in [0.717, 1.165) is 5.56 Å². The zero-order valence-electron chi connectivity index (χ0n) is 22.3. The second kappa shape index (κ2) is 11.3. The van der Waals surface area contributed by atoms with Crippen molar-refractivity contribution in [1.82, 2.24) is 39.7 Å². The van der Waals surface area contributed by atoms with Crippen molar-refractivity contribution in [2.45, 2.75) is 25.0 Å². The number of hydrogen-bond donors (Lipinski definition) is 1. The van der Waals surface area contributed by atoms with Crippen molar-refractivity contribution in [3.05, 3.63) is 42.5 Å². The average molecular weight is 569 g/mol. The van der Waals surface area contributed by atoms with E-state index in [-0.39, 0.29) is 35.8 Å². The highest BCUT2D eigenvalue weighted by atomic mass is 32.2. The third-order valence-corrected chi connectivity index (χ3v) is 8.02. The summed E-state index contributed by atoms with van der Waals surface area (Å²) in [5.41, 5.74) is 1.46. The van der Waals surface area contributed by atoms with Gasteiger partial charge in [-0.1, -0.05) is 6.07 Å². The maximum Gasteiger partial charge on any atom is 0.245 e. The first-order chi connectivity index (χ1) is 19.3. The van der Waals surface area contributed by atoms with Crippen LogP contribution < -0.4 is 23.8 Å². The van der Waals surface area contributed by atoms with Crippen LogP contribution in [0.4, 0.5) is 11.9 Å². The minimum absolute atomic E-state index is 0.108. The number of nitrogens with zero attached hydrogens (tertiary/aromatic N) is 9. The van der Waals surface area contributed by atoms with Gasteiger partial charge < -0.3 is 19.1 Å². The second-order valence-electron chi connectivity index (χ2n) is 8.91. The van der Waals surface area contributed by atoms with Gasteiger partial charge in [0, 0.05) is 31.5 Å². The normalized spacial score (nSPS) is 15.5. The molecule has 0 aromatic carbocycles. The lowest BCUT2D eigenvalue weighted by molar-refractivity contribution is 0.368. The van der Waals surface area contributed by atoms with Gasteiger partial charge in [0.15, 0.2) is 11.5 Å². The molecule has 0 amide bonds. The lowest BCUT2D eigenvalue weighted by Crippen LogP contribution is -2.45. The number of aromatic nitrogens is 8. The van der Waals surface area contributed by atoms with Crippen molar-refractivity contribution in [2.24, 2.45) is 0 Å². The van der Waals surface area contributed by atoms with E-state index in [1.807, 2.05) is 11.8 Å². The van der Waals surface area contributed by atoms with Gasteiger partial charge in [-0.15, -0.1) is 10.2 Å². The second-order valence-corrected chi connectivity index (χ2v) is 10.9. The van der Waals surface area contributed by atoms with Crippen molar-refractivity contribution in [3.8, 4) is 34.8 Å². The highest BCUT2D eigenvalue weighted by Gasteiger charge is 2.34. The number of piperidine rings is 1. The van der Waals surface area contributed by atoms with Crippen LogP contribution in [0.3, 0.4) is 0 Å². The van der Waals surface area contributed by atoms with E-state index in [2.05, 4.69) is 39.8 Å². The summed E-state index contributed by atoms with van der Waals surface area (Å²) in [6.45, 7) is 2.75. The molecule has 1 aliphatic rings. The van der Waals surface area contributed by atoms with Gasteiger partial charge in [-0.2, -0.15) is 9.97 Å². The number of nitrogens with one attached hydrogen (secondary N) is 1. The molecule has 0 unspecified atom stereocenters. The molecule has 1 fully saturated rings. The number of sulfonamides is 1. The Morgan fingerprint density at radius 1 is 0.975 bits per heavy atom. The third kappa shape index (κ3) is 5.29. The Bertz CT molecular complexity index is 1570. The molecule has 1 aliphatic heterocycles. The van der Waals surface area contributed by atoms with Gasteiger partial charge in [0.05, 0.1) is 26.6 Å². The van der Waals surface area contributed by atoms with Gasteiger partial charge >= 0.3 is 0 Å². The van der Waals surface area contributed by atoms with Crippen LogP contribution in [0.5, 0.6) is 17.6 Å². The van der Waals surface area contributed by atoms with Gasteiger partial charge in [-0.25, -0.2) is 27.9 Å². The summed E-state index contributed by atoms with van der Waals surface area (Å²) in [5, 5.41) is 7.67. The van der Waals surface area contributed by atoms with Gasteiger partial charge in [-0.3, -0.25) is 4.72 Å². The predicted molar refractivity (Wildman–Crippen MR) is 144 cm³/mol. The molecule has 40 heavy (non-hydrogen) atoms. The first-order valence-corrected chi connectivity index (χ1v) is 13.8. The number of rotatable bonds is 9. The lowest BCUT2D eigenvalue weighted by Gasteiger charge is -2.32. The van der Waals surface area contributed by atoms with E-state index >= 15 is 0 Å². The maximum atomic E-state index is 13.7. The molecule has 16 heteroatoms. The van der Waals surface area contributed by atoms with Crippen molar-refractivity contribution in [1.29, 1.82) is 0 Å². The van der Waals surface area contributed by atoms with E-state index in [1.165, 1.54) is 32.2 Å². The Morgan fingerprint density at radius 2 is 1.70 bits per heavy atom. The van der Waals surface area contributed by atoms with Crippen LogP contribution in [-0.4, -0.2) is 87.8 Å². The van der Waals surface area contributed by atoms with Crippen LogP contribution >= 0.6 is 0 Å². The molecule has 0 bridgehead atoms. The Hall–Kier alpha value is -4.60. The van der Waals surface area contributed by atoms with Crippen LogP contribution in [-0.2, 0) is 10.0 Å². The van der Waals surface area contributed by atoms with Crippen LogP contribution in [0.25, 0.3) is 17.2 Å². The Kier molecular flexibility index (Phi) is 7.59. The minimum Gasteiger partial charge on any atom is -0.481 e. The summed E-state index contributed by atoms with van der Waals surface area (Å²) in [6.07, 6.45) is 5.76. The first kappa shape index (κ1) is 27.0. The third-order valence-electron chi connectivity index (χ3n) is 6.29. The Morgan fingerprint density at radius 3 is 2.38 bits per heavy atom. The minimum atomic E-state index is -3.97. The van der Waals surface area contributed by atoms with Crippen molar-refractivity contribution in [3.63, 3.8) is 0 Å². The molecule has 0 radical (unpaired) electrons. The summed E-state index contributed by atoms with van der Waals surface area (Å²) in [6, 6.07) is 5.08. The van der Waals surface area contributed by atoms with E-state index < -0.39 is 15.3 Å². The summed E-state index contributed by atoms with van der Waals surface area (Å²) in [4.78, 5) is 23.4. The topological polar surface area (TPSA) is 172 Å². The molecule has 0 spiro atoms. The first-order valence-electron chi connectivity index (χ1n) is 12.3. The van der Waals surface area contributed by atoms with Crippen molar-refractivity contribution < 1.29 is 22.6 Å². The summed E-state index contributed by atoms with van der Waals surface area (Å²) >= 11 is 0. The Labute approximate surface area is 230 Å². The molecule has 210 valence electrons. The smallest absolute Gasteiger partial charge is 0.245 e. The highest BCUT2D eigenvalue weighted by molar-refractivity contribution is 7.93. The fraction of sp³-hybridized carbons (Fsp3) is 0.375. The summed E-state index contributed by atoms with van der Waals surface area (Å²) in [5.74, 6) is 1.10. The van der Waals surface area contributed by atoms with Crippen LogP contribution in [0.2, 0.25) is 0 Å². The lowest BCUT2D eigenvalue weighted by atomic mass is 10.1. The number of pyridine rings is 1. The molecule has 5 rings (SSSR count). The molecule has 1 saturated heterocycles. The molecule has 0 aliphatic carbocycles. The van der Waals surface area contributed by atoms with Gasteiger partial charge in [0.2, 0.25) is 39.6 Å². The summed E-state index contributed by atoms with van der Waals surface area (Å²) in [7, 11) is 0.360. The van der Waals surface area contributed by atoms with Crippen LogP contribution in [0, 0.1) is 6.92 Å². The van der Waals surface area contributed by atoms with Gasteiger partial charge in [-0.05, 0) is 31.4 Å². The zero-order valence-corrected chi connectivity index (χ0v) is 23.2. The molecule has 4 aromatic heterocycles. The standard InChI is InChI=1S/C24H28N10O5S/c1-15-11-25-23(26-12-15)33-10-6-7-16(13-33)40(35,36)32-24-31-30-20(17-8-5-9-18(29-17)37-2)34(24)19-21(38-3)27-14-28-22(19)39-4/h5,8-9,11-12,14,16H,6-7,10,13H2,1-4H3,(H,31,32)/t16-/m0/s1. The molecule has 15 nitrogen and oxygen atoms in total. The fourth-order valence-electron chi connectivity index (χ4n) is 4.35. The molecule has 5 heterocycles.